The van der Waals surface area contributed by atoms with Crippen molar-refractivity contribution in [3.63, 3.8) is 0 Å². The Morgan fingerprint density at radius 2 is 1.85 bits per heavy atom. The van der Waals surface area contributed by atoms with Crippen LogP contribution in [0.1, 0.15) is 12.5 Å². The largest absolute Gasteiger partial charge is 0.492 e. The number of nitrogens with zero attached hydrogens (tertiary/aromatic N) is 1. The van der Waals surface area contributed by atoms with Gasteiger partial charge in [0.05, 0.1) is 6.61 Å². The van der Waals surface area contributed by atoms with E-state index in [1.807, 2.05) is 19.9 Å². The van der Waals surface area contributed by atoms with Crippen LogP contribution in [0.5, 0.6) is 5.75 Å². The molecule has 0 saturated carbocycles. The molecule has 1 aromatic rings. The minimum absolute atomic E-state index is 0.183. The first-order chi connectivity index (χ1) is 9.47. The molecule has 20 heavy (non-hydrogen) atoms. The van der Waals surface area contributed by atoms with Crippen LogP contribution in [0.25, 0.3) is 0 Å². The highest BCUT2D eigenvalue weighted by molar-refractivity contribution is 7.89. The summed E-state index contributed by atoms with van der Waals surface area (Å²) in [5, 5.41) is 0. The third-order valence-electron chi connectivity index (χ3n) is 2.68. The van der Waals surface area contributed by atoms with E-state index in [1.165, 1.54) is 4.31 Å². The average molecular weight is 295 g/mol. The SMILES string of the molecule is C=CCN(CC=C)S(=O)(=O)c1cc(C)ccc1OCC. The lowest BCUT2D eigenvalue weighted by atomic mass is 10.2. The molecule has 0 amide bonds. The van der Waals surface area contributed by atoms with Crippen LogP contribution in [-0.4, -0.2) is 32.4 Å². The van der Waals surface area contributed by atoms with Gasteiger partial charge in [0.15, 0.2) is 0 Å². The highest BCUT2D eigenvalue weighted by atomic mass is 32.2. The predicted molar refractivity (Wildman–Crippen MR) is 81.5 cm³/mol. The van der Waals surface area contributed by atoms with Gasteiger partial charge in [0, 0.05) is 13.1 Å². The van der Waals surface area contributed by atoms with E-state index in [-0.39, 0.29) is 18.0 Å². The summed E-state index contributed by atoms with van der Waals surface area (Å²) in [4.78, 5) is 0.183. The summed E-state index contributed by atoms with van der Waals surface area (Å²) in [6.45, 7) is 11.7. The van der Waals surface area contributed by atoms with E-state index in [1.54, 1.807) is 24.3 Å². The van der Waals surface area contributed by atoms with Crippen molar-refractivity contribution in [1.82, 2.24) is 4.31 Å². The molecule has 1 rings (SSSR count). The molecular formula is C15H21NO3S. The van der Waals surface area contributed by atoms with Gasteiger partial charge in [0.25, 0.3) is 0 Å². The number of aryl methyl sites for hydroxylation is 1. The van der Waals surface area contributed by atoms with Crippen molar-refractivity contribution in [2.75, 3.05) is 19.7 Å². The summed E-state index contributed by atoms with van der Waals surface area (Å²) in [7, 11) is -3.63. The molecule has 1 aromatic carbocycles. The van der Waals surface area contributed by atoms with Crippen molar-refractivity contribution in [3.05, 3.63) is 49.1 Å². The second-order valence-electron chi connectivity index (χ2n) is 4.28. The Hall–Kier alpha value is -1.59. The van der Waals surface area contributed by atoms with E-state index in [9.17, 15) is 8.42 Å². The van der Waals surface area contributed by atoms with Crippen LogP contribution in [0.15, 0.2) is 48.4 Å². The van der Waals surface area contributed by atoms with Gasteiger partial charge in [-0.3, -0.25) is 0 Å². The average Bonchev–Trinajstić information content (AvgIpc) is 2.40. The molecule has 0 fully saturated rings. The Bertz CT molecular complexity index is 569. The van der Waals surface area contributed by atoms with Crippen LogP contribution in [0, 0.1) is 6.92 Å². The molecule has 0 radical (unpaired) electrons. The molecule has 4 nitrogen and oxygen atoms in total. The van der Waals surface area contributed by atoms with E-state index >= 15 is 0 Å². The highest BCUT2D eigenvalue weighted by Gasteiger charge is 2.26. The topological polar surface area (TPSA) is 46.6 Å². The smallest absolute Gasteiger partial charge is 0.247 e. The van der Waals surface area contributed by atoms with E-state index in [0.29, 0.717) is 12.4 Å². The van der Waals surface area contributed by atoms with Crippen molar-refractivity contribution >= 4 is 10.0 Å². The Morgan fingerprint density at radius 3 is 2.35 bits per heavy atom. The third-order valence-corrected chi connectivity index (χ3v) is 4.54. The molecule has 0 aliphatic carbocycles. The standard InChI is InChI=1S/C15H21NO3S/c1-5-10-16(11-6-2)20(17,18)15-12-13(4)8-9-14(15)19-7-3/h5-6,8-9,12H,1-2,7,10-11H2,3-4H3. The van der Waals surface area contributed by atoms with Crippen molar-refractivity contribution in [2.45, 2.75) is 18.7 Å². The van der Waals surface area contributed by atoms with Gasteiger partial charge in [0.1, 0.15) is 10.6 Å². The van der Waals surface area contributed by atoms with Gasteiger partial charge < -0.3 is 4.74 Å². The summed E-state index contributed by atoms with van der Waals surface area (Å²) < 4.78 is 32.2. The monoisotopic (exact) mass is 295 g/mol. The van der Waals surface area contributed by atoms with Gasteiger partial charge in [0.2, 0.25) is 10.0 Å². The van der Waals surface area contributed by atoms with Crippen molar-refractivity contribution in [1.29, 1.82) is 0 Å². The molecule has 0 heterocycles. The Balaban J connectivity index is 3.34. The van der Waals surface area contributed by atoms with E-state index in [4.69, 9.17) is 4.74 Å². The van der Waals surface area contributed by atoms with E-state index in [0.717, 1.165) is 5.56 Å². The van der Waals surface area contributed by atoms with Crippen LogP contribution in [0.2, 0.25) is 0 Å². The molecule has 0 aromatic heterocycles. The van der Waals surface area contributed by atoms with Crippen LogP contribution in [-0.2, 0) is 10.0 Å². The molecular weight excluding hydrogens is 274 g/mol. The van der Waals surface area contributed by atoms with Gasteiger partial charge in [-0.15, -0.1) is 13.2 Å². The first kappa shape index (κ1) is 16.5. The first-order valence-corrected chi connectivity index (χ1v) is 7.86. The van der Waals surface area contributed by atoms with Crippen molar-refractivity contribution in [3.8, 4) is 5.75 Å². The van der Waals surface area contributed by atoms with Gasteiger partial charge in [-0.2, -0.15) is 4.31 Å². The zero-order valence-electron chi connectivity index (χ0n) is 12.0. The fourth-order valence-electron chi connectivity index (χ4n) is 1.79. The van der Waals surface area contributed by atoms with Crippen molar-refractivity contribution < 1.29 is 13.2 Å². The molecule has 0 spiro atoms. The second kappa shape index (κ2) is 7.26. The van der Waals surface area contributed by atoms with Crippen LogP contribution >= 0.6 is 0 Å². The molecule has 0 N–H and O–H groups in total. The molecule has 0 atom stereocenters. The zero-order valence-corrected chi connectivity index (χ0v) is 12.8. The first-order valence-electron chi connectivity index (χ1n) is 6.42. The fraction of sp³-hybridized carbons (Fsp3) is 0.333. The van der Waals surface area contributed by atoms with Crippen molar-refractivity contribution in [2.24, 2.45) is 0 Å². The van der Waals surface area contributed by atoms with Crippen LogP contribution in [0.3, 0.4) is 0 Å². The lowest BCUT2D eigenvalue weighted by Gasteiger charge is -2.21. The van der Waals surface area contributed by atoms with Crippen LogP contribution in [0.4, 0.5) is 0 Å². The summed E-state index contributed by atoms with van der Waals surface area (Å²) in [6.07, 6.45) is 3.11. The minimum atomic E-state index is -3.63. The second-order valence-corrected chi connectivity index (χ2v) is 6.19. The Morgan fingerprint density at radius 1 is 1.25 bits per heavy atom. The summed E-state index contributed by atoms with van der Waals surface area (Å²) >= 11 is 0. The number of rotatable bonds is 8. The molecule has 0 saturated heterocycles. The quantitative estimate of drug-likeness (QED) is 0.693. The minimum Gasteiger partial charge on any atom is -0.492 e. The predicted octanol–water partition coefficient (Wildman–Crippen LogP) is 2.76. The summed E-state index contributed by atoms with van der Waals surface area (Å²) in [5.74, 6) is 0.372. The van der Waals surface area contributed by atoms with Gasteiger partial charge in [-0.1, -0.05) is 18.2 Å². The molecule has 0 unspecified atom stereocenters. The van der Waals surface area contributed by atoms with E-state index < -0.39 is 10.0 Å². The number of hydrogen-bond acceptors (Lipinski definition) is 3. The lowest BCUT2D eigenvalue weighted by Crippen LogP contribution is -2.31. The zero-order chi connectivity index (χ0) is 15.2. The summed E-state index contributed by atoms with van der Waals surface area (Å²) in [5.41, 5.74) is 0.865. The molecule has 110 valence electrons. The maximum absolute atomic E-state index is 12.7. The Kier molecular flexibility index (Phi) is 5.98. The number of ether oxygens (including phenoxy) is 1. The normalized spacial score (nSPS) is 11.3. The summed E-state index contributed by atoms with van der Waals surface area (Å²) in [6, 6.07) is 5.14. The van der Waals surface area contributed by atoms with Gasteiger partial charge in [-0.25, -0.2) is 8.42 Å². The molecule has 0 aliphatic rings. The lowest BCUT2D eigenvalue weighted by molar-refractivity contribution is 0.329. The fourth-order valence-corrected chi connectivity index (χ4v) is 3.39. The highest BCUT2D eigenvalue weighted by Crippen LogP contribution is 2.28. The number of benzene rings is 1. The number of sulfonamides is 1. The molecule has 5 heteroatoms. The Labute approximate surface area is 121 Å². The van der Waals surface area contributed by atoms with E-state index in [2.05, 4.69) is 13.2 Å². The molecule has 0 bridgehead atoms. The van der Waals surface area contributed by atoms with Gasteiger partial charge >= 0.3 is 0 Å². The van der Waals surface area contributed by atoms with Gasteiger partial charge in [-0.05, 0) is 31.5 Å². The number of hydrogen-bond donors (Lipinski definition) is 0. The maximum Gasteiger partial charge on any atom is 0.247 e. The van der Waals surface area contributed by atoms with Crippen LogP contribution < -0.4 is 4.74 Å². The molecule has 0 aliphatic heterocycles. The maximum atomic E-state index is 12.7. The third kappa shape index (κ3) is 3.71.